The lowest BCUT2D eigenvalue weighted by molar-refractivity contribution is 0.415. The summed E-state index contributed by atoms with van der Waals surface area (Å²) in [4.78, 5) is 10.5. The van der Waals surface area contributed by atoms with Crippen LogP contribution in [0.5, 0.6) is 5.75 Å². The molecule has 1 atom stereocenters. The van der Waals surface area contributed by atoms with Crippen LogP contribution in [0.25, 0.3) is 10.9 Å². The van der Waals surface area contributed by atoms with Gasteiger partial charge in [-0.25, -0.2) is 18.4 Å². The topological polar surface area (TPSA) is 72.4 Å². The van der Waals surface area contributed by atoms with E-state index in [1.807, 2.05) is 30.1 Å². The Hall–Kier alpha value is -1.89. The van der Waals surface area contributed by atoms with Crippen LogP contribution in [-0.2, 0) is 9.84 Å². The first-order chi connectivity index (χ1) is 10.00. The number of methoxy groups -OCH3 is 1. The lowest BCUT2D eigenvalue weighted by atomic mass is 10.2. The minimum absolute atomic E-state index is 0.0322. The van der Waals surface area contributed by atoms with Gasteiger partial charge in [0.2, 0.25) is 0 Å². The molecule has 0 amide bonds. The molecular weight excluding hydrogens is 290 g/mol. The molecule has 1 aliphatic heterocycles. The summed E-state index contributed by atoms with van der Waals surface area (Å²) in [6, 6.07) is 5.58. The largest absolute Gasteiger partial charge is 0.497 e. The van der Waals surface area contributed by atoms with Gasteiger partial charge in [0.15, 0.2) is 9.84 Å². The molecule has 1 unspecified atom stereocenters. The van der Waals surface area contributed by atoms with Gasteiger partial charge in [-0.15, -0.1) is 0 Å². The number of hydrogen-bond donors (Lipinski definition) is 0. The summed E-state index contributed by atoms with van der Waals surface area (Å²) >= 11 is 0. The van der Waals surface area contributed by atoms with E-state index in [-0.39, 0.29) is 17.5 Å². The number of aromatic nitrogens is 2. The van der Waals surface area contributed by atoms with Crippen molar-refractivity contribution >= 4 is 26.6 Å². The molecule has 6 nitrogen and oxygen atoms in total. The van der Waals surface area contributed by atoms with Crippen molar-refractivity contribution in [3.63, 3.8) is 0 Å². The minimum atomic E-state index is -2.92. The first kappa shape index (κ1) is 14.1. The van der Waals surface area contributed by atoms with Gasteiger partial charge in [0, 0.05) is 24.5 Å². The zero-order valence-electron chi connectivity index (χ0n) is 12.0. The molecule has 1 aliphatic rings. The number of sulfone groups is 1. The summed E-state index contributed by atoms with van der Waals surface area (Å²) in [5.41, 5.74) is 0.784. The van der Waals surface area contributed by atoms with Crippen LogP contribution in [0.3, 0.4) is 0 Å². The maximum absolute atomic E-state index is 11.6. The minimum Gasteiger partial charge on any atom is -0.497 e. The molecule has 1 fully saturated rings. The second kappa shape index (κ2) is 5.14. The molecule has 112 valence electrons. The fourth-order valence-corrected chi connectivity index (χ4v) is 4.46. The highest BCUT2D eigenvalue weighted by Gasteiger charge is 2.31. The molecular formula is C14H17N3O3S. The van der Waals surface area contributed by atoms with Crippen LogP contribution in [0.1, 0.15) is 6.42 Å². The number of fused-ring (bicyclic) bond motifs is 1. The monoisotopic (exact) mass is 307 g/mol. The third-order valence-corrected chi connectivity index (χ3v) is 5.66. The van der Waals surface area contributed by atoms with Crippen LogP contribution in [0, 0.1) is 0 Å². The second-order valence-corrected chi connectivity index (χ2v) is 7.48. The van der Waals surface area contributed by atoms with Gasteiger partial charge < -0.3 is 9.64 Å². The van der Waals surface area contributed by atoms with Gasteiger partial charge >= 0.3 is 0 Å². The van der Waals surface area contributed by atoms with E-state index < -0.39 is 9.84 Å². The number of benzene rings is 1. The van der Waals surface area contributed by atoms with Crippen molar-refractivity contribution in [1.82, 2.24) is 9.97 Å². The average molecular weight is 307 g/mol. The first-order valence-corrected chi connectivity index (χ1v) is 8.54. The van der Waals surface area contributed by atoms with Gasteiger partial charge in [-0.05, 0) is 18.6 Å². The summed E-state index contributed by atoms with van der Waals surface area (Å²) in [5, 5.41) is 0.894. The Bertz CT molecular complexity index is 776. The first-order valence-electron chi connectivity index (χ1n) is 6.72. The van der Waals surface area contributed by atoms with Crippen LogP contribution in [0.2, 0.25) is 0 Å². The van der Waals surface area contributed by atoms with Crippen molar-refractivity contribution in [3.8, 4) is 5.75 Å². The standard InChI is InChI=1S/C14H17N3O3S/c1-17(10-5-6-21(18,19)8-10)14-12-4-3-11(20-2)7-13(12)15-9-16-14/h3-4,7,9-10H,5-6,8H2,1-2H3. The van der Waals surface area contributed by atoms with E-state index >= 15 is 0 Å². The van der Waals surface area contributed by atoms with E-state index in [9.17, 15) is 8.42 Å². The number of rotatable bonds is 3. The molecule has 1 aromatic heterocycles. The van der Waals surface area contributed by atoms with Crippen LogP contribution >= 0.6 is 0 Å². The van der Waals surface area contributed by atoms with Crippen molar-refractivity contribution in [1.29, 1.82) is 0 Å². The van der Waals surface area contributed by atoms with E-state index in [0.717, 1.165) is 22.5 Å². The van der Waals surface area contributed by atoms with Gasteiger partial charge in [0.1, 0.15) is 17.9 Å². The van der Waals surface area contributed by atoms with Gasteiger partial charge in [0.25, 0.3) is 0 Å². The van der Waals surface area contributed by atoms with Crippen molar-refractivity contribution in [3.05, 3.63) is 24.5 Å². The summed E-state index contributed by atoms with van der Waals surface area (Å²) in [7, 11) is 0.579. The van der Waals surface area contributed by atoms with Crippen LogP contribution in [-0.4, -0.2) is 50.1 Å². The Kier molecular flexibility index (Phi) is 3.44. The van der Waals surface area contributed by atoms with E-state index in [2.05, 4.69) is 9.97 Å². The molecule has 3 rings (SSSR count). The predicted octanol–water partition coefficient (Wildman–Crippen LogP) is 1.26. The van der Waals surface area contributed by atoms with E-state index in [1.54, 1.807) is 7.11 Å². The molecule has 2 aromatic rings. The Morgan fingerprint density at radius 2 is 2.14 bits per heavy atom. The Balaban J connectivity index is 2.00. The summed E-state index contributed by atoms with van der Waals surface area (Å²) < 4.78 is 28.5. The fourth-order valence-electron chi connectivity index (χ4n) is 2.68. The molecule has 7 heteroatoms. The lowest BCUT2D eigenvalue weighted by Crippen LogP contribution is -2.33. The Labute approximate surface area is 123 Å². The van der Waals surface area contributed by atoms with Gasteiger partial charge in [-0.3, -0.25) is 0 Å². The van der Waals surface area contributed by atoms with Gasteiger partial charge in [-0.1, -0.05) is 0 Å². The SMILES string of the molecule is COc1ccc2c(N(C)C3CCS(=O)(=O)C3)ncnc2c1. The van der Waals surface area contributed by atoms with Crippen molar-refractivity contribution in [2.24, 2.45) is 0 Å². The molecule has 1 aromatic carbocycles. The highest BCUT2D eigenvalue weighted by Crippen LogP contribution is 2.28. The van der Waals surface area contributed by atoms with Crippen molar-refractivity contribution < 1.29 is 13.2 Å². The third kappa shape index (κ3) is 2.65. The predicted molar refractivity (Wildman–Crippen MR) is 81.6 cm³/mol. The molecule has 0 aliphatic carbocycles. The number of ether oxygens (including phenoxy) is 1. The normalized spacial score (nSPS) is 20.6. The average Bonchev–Trinajstić information content (AvgIpc) is 2.85. The van der Waals surface area contributed by atoms with Crippen LogP contribution < -0.4 is 9.64 Å². The zero-order chi connectivity index (χ0) is 15.0. The van der Waals surface area contributed by atoms with Crippen LogP contribution in [0.15, 0.2) is 24.5 Å². The number of hydrogen-bond acceptors (Lipinski definition) is 6. The molecule has 0 spiro atoms. The smallest absolute Gasteiger partial charge is 0.152 e. The van der Waals surface area contributed by atoms with Gasteiger partial charge in [0.05, 0.1) is 24.1 Å². The molecule has 21 heavy (non-hydrogen) atoms. The molecule has 0 bridgehead atoms. The Morgan fingerprint density at radius 3 is 2.81 bits per heavy atom. The van der Waals surface area contributed by atoms with E-state index in [4.69, 9.17) is 4.74 Å². The summed E-state index contributed by atoms with van der Waals surface area (Å²) in [6.07, 6.45) is 2.14. The Morgan fingerprint density at radius 1 is 1.33 bits per heavy atom. The van der Waals surface area contributed by atoms with E-state index in [0.29, 0.717) is 6.42 Å². The van der Waals surface area contributed by atoms with Crippen molar-refractivity contribution in [2.45, 2.75) is 12.5 Å². The fraction of sp³-hybridized carbons (Fsp3) is 0.429. The second-order valence-electron chi connectivity index (χ2n) is 5.25. The van der Waals surface area contributed by atoms with Crippen LogP contribution in [0.4, 0.5) is 5.82 Å². The summed E-state index contributed by atoms with van der Waals surface area (Å²) in [6.45, 7) is 0. The lowest BCUT2D eigenvalue weighted by Gasteiger charge is -2.25. The molecule has 2 heterocycles. The maximum Gasteiger partial charge on any atom is 0.152 e. The molecule has 0 N–H and O–H groups in total. The van der Waals surface area contributed by atoms with Gasteiger partial charge in [-0.2, -0.15) is 0 Å². The number of nitrogens with zero attached hydrogens (tertiary/aromatic N) is 3. The van der Waals surface area contributed by atoms with Crippen molar-refractivity contribution in [2.75, 3.05) is 30.6 Å². The molecule has 1 saturated heterocycles. The zero-order valence-corrected chi connectivity index (χ0v) is 12.8. The number of anilines is 1. The highest BCUT2D eigenvalue weighted by atomic mass is 32.2. The quantitative estimate of drug-likeness (QED) is 0.850. The molecule has 0 saturated carbocycles. The summed E-state index contributed by atoms with van der Waals surface area (Å²) in [5.74, 6) is 1.92. The highest BCUT2D eigenvalue weighted by molar-refractivity contribution is 7.91. The maximum atomic E-state index is 11.6. The van der Waals surface area contributed by atoms with E-state index in [1.165, 1.54) is 6.33 Å². The molecule has 0 radical (unpaired) electrons. The third-order valence-electron chi connectivity index (χ3n) is 3.91.